The number of benzene rings is 2. The maximum atomic E-state index is 12.3. The van der Waals surface area contributed by atoms with E-state index in [0.717, 1.165) is 5.56 Å². The summed E-state index contributed by atoms with van der Waals surface area (Å²) in [5, 5.41) is 7.91. The van der Waals surface area contributed by atoms with Gasteiger partial charge >= 0.3 is 0 Å². The number of hydrogen-bond acceptors (Lipinski definition) is 3. The molecule has 5 nitrogen and oxygen atoms in total. The van der Waals surface area contributed by atoms with E-state index in [0.29, 0.717) is 11.0 Å². The number of carbonyl (C=O) groups excluding carboxylic acids is 1. The molecule has 23 heavy (non-hydrogen) atoms. The van der Waals surface area contributed by atoms with Crippen LogP contribution in [0.15, 0.2) is 57.9 Å². The number of hydrogen-bond donors (Lipinski definition) is 2. The molecule has 2 aromatic carbocycles. The molecule has 7 heteroatoms. The highest BCUT2D eigenvalue weighted by atomic mass is 79.9. The van der Waals surface area contributed by atoms with Crippen LogP contribution in [0.1, 0.15) is 28.8 Å². The molecule has 0 saturated heterocycles. The van der Waals surface area contributed by atoms with Gasteiger partial charge in [0.05, 0.1) is 10.5 Å². The molecule has 2 rings (SSSR count). The Morgan fingerprint density at radius 2 is 1.87 bits per heavy atom. The van der Waals surface area contributed by atoms with Gasteiger partial charge in [-0.05, 0) is 45.6 Å². The summed E-state index contributed by atoms with van der Waals surface area (Å²) < 4.78 is 23.3. The second kappa shape index (κ2) is 7.25. The van der Waals surface area contributed by atoms with Crippen LogP contribution in [0.25, 0.3) is 0 Å². The Balaban J connectivity index is 2.12. The van der Waals surface area contributed by atoms with Crippen molar-refractivity contribution in [2.45, 2.75) is 17.7 Å². The summed E-state index contributed by atoms with van der Waals surface area (Å²) >= 11 is 3.25. The van der Waals surface area contributed by atoms with Crippen LogP contribution in [0.2, 0.25) is 0 Å². The van der Waals surface area contributed by atoms with Gasteiger partial charge in [0, 0.05) is 11.0 Å². The molecule has 0 fully saturated rings. The molecule has 122 valence electrons. The quantitative estimate of drug-likeness (QED) is 0.813. The molecule has 0 aliphatic carbocycles. The van der Waals surface area contributed by atoms with Gasteiger partial charge in [0.2, 0.25) is 10.0 Å². The zero-order valence-electron chi connectivity index (χ0n) is 12.5. The van der Waals surface area contributed by atoms with Gasteiger partial charge in [-0.1, -0.05) is 37.3 Å². The minimum Gasteiger partial charge on any atom is -0.351 e. The zero-order valence-corrected chi connectivity index (χ0v) is 14.9. The monoisotopic (exact) mass is 396 g/mol. The summed E-state index contributed by atoms with van der Waals surface area (Å²) in [5.74, 6) is -0.217. The van der Waals surface area contributed by atoms with E-state index in [1.54, 1.807) is 0 Å². The minimum absolute atomic E-state index is 0.0954. The Morgan fingerprint density at radius 1 is 1.22 bits per heavy atom. The van der Waals surface area contributed by atoms with Crippen molar-refractivity contribution < 1.29 is 13.2 Å². The number of carbonyl (C=O) groups is 1. The number of nitrogens with two attached hydrogens (primary N) is 1. The maximum Gasteiger partial charge on any atom is 0.252 e. The van der Waals surface area contributed by atoms with Crippen molar-refractivity contribution in [1.29, 1.82) is 0 Å². The van der Waals surface area contributed by atoms with Crippen LogP contribution < -0.4 is 10.5 Å². The number of amides is 1. The summed E-state index contributed by atoms with van der Waals surface area (Å²) in [6.45, 7) is 2.44. The molecular formula is C16H17BrN2O3S. The van der Waals surface area contributed by atoms with Crippen LogP contribution in [0.4, 0.5) is 0 Å². The highest BCUT2D eigenvalue weighted by molar-refractivity contribution is 9.10. The number of halogens is 1. The predicted octanol–water partition coefficient (Wildman–Crippen LogP) is 2.63. The third-order valence-corrected chi connectivity index (χ3v) is 5.05. The van der Waals surface area contributed by atoms with Crippen molar-refractivity contribution in [2.75, 3.05) is 6.54 Å². The van der Waals surface area contributed by atoms with Gasteiger partial charge < -0.3 is 5.32 Å². The molecule has 0 spiro atoms. The first-order valence-electron chi connectivity index (χ1n) is 6.94. The van der Waals surface area contributed by atoms with Crippen LogP contribution in [0, 0.1) is 0 Å². The van der Waals surface area contributed by atoms with Gasteiger partial charge in [0.25, 0.3) is 5.91 Å². The zero-order chi connectivity index (χ0) is 17.0. The summed E-state index contributed by atoms with van der Waals surface area (Å²) in [6.07, 6.45) is 0. The van der Waals surface area contributed by atoms with E-state index in [9.17, 15) is 13.2 Å². The van der Waals surface area contributed by atoms with Crippen molar-refractivity contribution in [3.8, 4) is 0 Å². The molecule has 1 atom stereocenters. The molecule has 0 bridgehead atoms. The van der Waals surface area contributed by atoms with E-state index in [1.807, 2.05) is 37.3 Å². The molecule has 0 aromatic heterocycles. The molecule has 0 heterocycles. The molecular weight excluding hydrogens is 380 g/mol. The fourth-order valence-electron chi connectivity index (χ4n) is 2.10. The average Bonchev–Trinajstić information content (AvgIpc) is 2.52. The van der Waals surface area contributed by atoms with E-state index >= 15 is 0 Å². The van der Waals surface area contributed by atoms with E-state index in [2.05, 4.69) is 21.2 Å². The molecule has 0 radical (unpaired) electrons. The lowest BCUT2D eigenvalue weighted by molar-refractivity contribution is 0.0950. The lowest BCUT2D eigenvalue weighted by Crippen LogP contribution is -2.28. The summed E-state index contributed by atoms with van der Waals surface area (Å²) in [5.41, 5.74) is 1.35. The molecule has 1 amide bonds. The van der Waals surface area contributed by atoms with Crippen LogP contribution in [0.5, 0.6) is 0 Å². The summed E-state index contributed by atoms with van der Waals surface area (Å²) in [7, 11) is -3.85. The first-order chi connectivity index (χ1) is 10.8. The Hall–Kier alpha value is -1.70. The van der Waals surface area contributed by atoms with Gasteiger partial charge in [-0.15, -0.1) is 0 Å². The van der Waals surface area contributed by atoms with Gasteiger partial charge in [-0.25, -0.2) is 13.6 Å². The van der Waals surface area contributed by atoms with Crippen LogP contribution in [-0.2, 0) is 10.0 Å². The molecule has 0 saturated carbocycles. The van der Waals surface area contributed by atoms with Crippen molar-refractivity contribution in [2.24, 2.45) is 5.14 Å². The van der Waals surface area contributed by atoms with E-state index in [-0.39, 0.29) is 22.3 Å². The lowest BCUT2D eigenvalue weighted by Gasteiger charge is -2.14. The third kappa shape index (κ3) is 4.63. The van der Waals surface area contributed by atoms with Crippen molar-refractivity contribution in [3.63, 3.8) is 0 Å². The summed E-state index contributed by atoms with van der Waals surface area (Å²) in [4.78, 5) is 12.2. The third-order valence-electron chi connectivity index (χ3n) is 3.45. The van der Waals surface area contributed by atoms with Crippen LogP contribution in [0.3, 0.4) is 0 Å². The molecule has 0 aliphatic rings. The SMILES string of the molecule is CC(CNC(=O)c1cc(S(N)(=O)=O)ccc1Br)c1ccccc1. The number of rotatable bonds is 5. The average molecular weight is 397 g/mol. The van der Waals surface area contributed by atoms with Crippen LogP contribution >= 0.6 is 15.9 Å². The normalized spacial score (nSPS) is 12.7. The fraction of sp³-hybridized carbons (Fsp3) is 0.188. The largest absolute Gasteiger partial charge is 0.351 e. The van der Waals surface area contributed by atoms with Crippen molar-refractivity contribution >= 4 is 31.9 Å². The van der Waals surface area contributed by atoms with E-state index in [1.165, 1.54) is 18.2 Å². The minimum atomic E-state index is -3.85. The van der Waals surface area contributed by atoms with E-state index < -0.39 is 10.0 Å². The smallest absolute Gasteiger partial charge is 0.252 e. The number of nitrogens with one attached hydrogen (secondary N) is 1. The Kier molecular flexibility index (Phi) is 5.56. The second-order valence-corrected chi connectivity index (χ2v) is 7.62. The maximum absolute atomic E-state index is 12.3. The van der Waals surface area contributed by atoms with Gasteiger partial charge in [-0.3, -0.25) is 4.79 Å². The predicted molar refractivity (Wildman–Crippen MR) is 92.7 cm³/mol. The van der Waals surface area contributed by atoms with Gasteiger partial charge in [0.15, 0.2) is 0 Å². The Morgan fingerprint density at radius 3 is 2.48 bits per heavy atom. The van der Waals surface area contributed by atoms with Gasteiger partial charge in [-0.2, -0.15) is 0 Å². The number of primary sulfonamides is 1. The fourth-order valence-corrected chi connectivity index (χ4v) is 3.06. The first-order valence-corrected chi connectivity index (χ1v) is 9.28. The Labute approximate surface area is 144 Å². The van der Waals surface area contributed by atoms with Crippen molar-refractivity contribution in [1.82, 2.24) is 5.32 Å². The molecule has 1 unspecified atom stereocenters. The van der Waals surface area contributed by atoms with E-state index in [4.69, 9.17) is 5.14 Å². The highest BCUT2D eigenvalue weighted by Gasteiger charge is 2.16. The molecule has 2 aromatic rings. The Bertz CT molecular complexity index is 807. The lowest BCUT2D eigenvalue weighted by atomic mass is 10.0. The molecule has 3 N–H and O–H groups in total. The van der Waals surface area contributed by atoms with Gasteiger partial charge in [0.1, 0.15) is 0 Å². The number of sulfonamides is 1. The topological polar surface area (TPSA) is 89.3 Å². The van der Waals surface area contributed by atoms with Crippen molar-refractivity contribution in [3.05, 3.63) is 64.1 Å². The standard InChI is InChI=1S/C16H17BrN2O3S/c1-11(12-5-3-2-4-6-12)10-19-16(20)14-9-13(23(18,21)22)7-8-15(14)17/h2-9,11H,10H2,1H3,(H,19,20)(H2,18,21,22). The second-order valence-electron chi connectivity index (χ2n) is 5.21. The first kappa shape index (κ1) is 17.7. The molecule has 0 aliphatic heterocycles. The van der Waals surface area contributed by atoms with Crippen LogP contribution in [-0.4, -0.2) is 20.9 Å². The highest BCUT2D eigenvalue weighted by Crippen LogP contribution is 2.21. The summed E-state index contributed by atoms with van der Waals surface area (Å²) in [6, 6.07) is 13.9.